The van der Waals surface area contributed by atoms with Gasteiger partial charge in [0.1, 0.15) is 0 Å². The van der Waals surface area contributed by atoms with E-state index < -0.39 is 6.61 Å². The van der Waals surface area contributed by atoms with Gasteiger partial charge in [-0.05, 0) is 43.8 Å². The van der Waals surface area contributed by atoms with Gasteiger partial charge >= 0.3 is 11.5 Å². The van der Waals surface area contributed by atoms with E-state index in [0.29, 0.717) is 19.8 Å². The monoisotopic (exact) mass is 421 g/mol. The van der Waals surface area contributed by atoms with Crippen LogP contribution in [0.15, 0.2) is 52.8 Å². The van der Waals surface area contributed by atoms with Crippen LogP contribution >= 0.6 is 11.3 Å². The maximum atomic E-state index is 12.6. The summed E-state index contributed by atoms with van der Waals surface area (Å²) < 4.78 is 36.7. The van der Waals surface area contributed by atoms with Gasteiger partial charge in [-0.15, -0.1) is 0 Å². The fourth-order valence-electron chi connectivity index (χ4n) is 2.89. The second kappa shape index (κ2) is 9.62. The maximum absolute atomic E-state index is 12.6. The van der Waals surface area contributed by atoms with Crippen molar-refractivity contribution in [1.29, 1.82) is 0 Å². The molecule has 0 N–H and O–H groups in total. The Bertz CT molecular complexity index is 992. The molecule has 0 aliphatic heterocycles. The summed E-state index contributed by atoms with van der Waals surface area (Å²) in [7, 11) is 1.87. The molecule has 29 heavy (non-hydrogen) atoms. The van der Waals surface area contributed by atoms with Crippen LogP contribution in [0.25, 0.3) is 11.4 Å². The van der Waals surface area contributed by atoms with Crippen molar-refractivity contribution in [3.63, 3.8) is 0 Å². The van der Waals surface area contributed by atoms with Gasteiger partial charge in [-0.2, -0.15) is 8.78 Å². The fraction of sp³-hybridized carbons (Fsp3) is 0.300. The Balaban J connectivity index is 1.76. The molecule has 0 aliphatic rings. The van der Waals surface area contributed by atoms with Crippen molar-refractivity contribution in [1.82, 2.24) is 14.5 Å². The van der Waals surface area contributed by atoms with E-state index in [9.17, 15) is 13.6 Å². The lowest BCUT2D eigenvalue weighted by molar-refractivity contribution is -0.0514. The zero-order valence-electron chi connectivity index (χ0n) is 16.0. The van der Waals surface area contributed by atoms with Crippen LogP contribution in [-0.4, -0.2) is 34.7 Å². The van der Waals surface area contributed by atoms with E-state index in [1.165, 1.54) is 6.07 Å². The van der Waals surface area contributed by atoms with Crippen molar-refractivity contribution < 1.29 is 18.3 Å². The number of benzene rings is 1. The van der Waals surface area contributed by atoms with E-state index in [-0.39, 0.29) is 16.4 Å². The lowest BCUT2D eigenvalue weighted by atomic mass is 10.2. The first-order valence-corrected chi connectivity index (χ1v) is 9.84. The molecule has 0 amide bonds. The molecule has 0 bridgehead atoms. The van der Waals surface area contributed by atoms with Crippen molar-refractivity contribution in [3.8, 4) is 22.9 Å². The standard InChI is InChI=1S/C20H21F2N3O3S/c1-3-27-18-10-14(7-8-17(18)28-19(21)22)11-24(2)13-25-16(12-29-20(25)26)15-6-4-5-9-23-15/h4-10,12,19H,3,11,13H2,1-2H3. The van der Waals surface area contributed by atoms with Crippen LogP contribution in [0.2, 0.25) is 0 Å². The molecule has 2 heterocycles. The summed E-state index contributed by atoms with van der Waals surface area (Å²) in [5.74, 6) is 0.264. The van der Waals surface area contributed by atoms with Crippen LogP contribution in [0.1, 0.15) is 12.5 Å². The minimum Gasteiger partial charge on any atom is -0.490 e. The number of alkyl halides is 2. The zero-order chi connectivity index (χ0) is 20.8. The molecule has 0 atom stereocenters. The molecular weight excluding hydrogens is 400 g/mol. The van der Waals surface area contributed by atoms with E-state index in [1.54, 1.807) is 35.2 Å². The normalized spacial score (nSPS) is 11.2. The highest BCUT2D eigenvalue weighted by Crippen LogP contribution is 2.30. The molecule has 0 spiro atoms. The SMILES string of the molecule is CCOc1cc(CN(C)Cn2c(-c3ccccn3)csc2=O)ccc1OC(F)F. The Morgan fingerprint density at radius 1 is 1.24 bits per heavy atom. The van der Waals surface area contributed by atoms with Gasteiger partial charge < -0.3 is 9.47 Å². The summed E-state index contributed by atoms with van der Waals surface area (Å²) >= 11 is 1.12. The molecule has 3 rings (SSSR count). The summed E-state index contributed by atoms with van der Waals surface area (Å²) in [5.41, 5.74) is 2.33. The van der Waals surface area contributed by atoms with E-state index in [2.05, 4.69) is 9.72 Å². The van der Waals surface area contributed by atoms with Crippen LogP contribution < -0.4 is 14.3 Å². The Labute approximate surface area is 171 Å². The number of thiazole rings is 1. The number of pyridine rings is 1. The average Bonchev–Trinajstić information content (AvgIpc) is 3.05. The van der Waals surface area contributed by atoms with Crippen LogP contribution in [0.5, 0.6) is 11.5 Å². The summed E-state index contributed by atoms with van der Waals surface area (Å²) in [6, 6.07) is 10.4. The van der Waals surface area contributed by atoms with Gasteiger partial charge in [0.15, 0.2) is 11.5 Å². The number of hydrogen-bond donors (Lipinski definition) is 0. The highest BCUT2D eigenvalue weighted by atomic mass is 32.1. The number of nitrogens with zero attached hydrogens (tertiary/aromatic N) is 3. The van der Waals surface area contributed by atoms with Crippen molar-refractivity contribution in [2.24, 2.45) is 0 Å². The van der Waals surface area contributed by atoms with Crippen molar-refractivity contribution in [3.05, 3.63) is 63.2 Å². The summed E-state index contributed by atoms with van der Waals surface area (Å²) in [5, 5.41) is 1.79. The summed E-state index contributed by atoms with van der Waals surface area (Å²) in [6.45, 7) is 0.0223. The van der Waals surface area contributed by atoms with Gasteiger partial charge in [-0.3, -0.25) is 19.2 Å². The summed E-state index contributed by atoms with van der Waals surface area (Å²) in [4.78, 5) is 18.5. The van der Waals surface area contributed by atoms with Crippen LogP contribution in [0, 0.1) is 0 Å². The van der Waals surface area contributed by atoms with Crippen molar-refractivity contribution >= 4 is 11.3 Å². The molecule has 154 valence electrons. The van der Waals surface area contributed by atoms with Gasteiger partial charge in [-0.1, -0.05) is 23.5 Å². The van der Waals surface area contributed by atoms with Crippen molar-refractivity contribution in [2.45, 2.75) is 26.7 Å². The Morgan fingerprint density at radius 2 is 2.07 bits per heavy atom. The predicted molar refractivity (Wildman–Crippen MR) is 108 cm³/mol. The number of ether oxygens (including phenoxy) is 2. The topological polar surface area (TPSA) is 56.6 Å². The van der Waals surface area contributed by atoms with Crippen LogP contribution in [0.4, 0.5) is 8.78 Å². The molecule has 3 aromatic rings. The van der Waals surface area contributed by atoms with E-state index in [4.69, 9.17) is 4.74 Å². The van der Waals surface area contributed by atoms with E-state index >= 15 is 0 Å². The van der Waals surface area contributed by atoms with Gasteiger partial charge in [0.2, 0.25) is 0 Å². The summed E-state index contributed by atoms with van der Waals surface area (Å²) in [6.07, 6.45) is 1.68. The molecular formula is C20H21F2N3O3S. The lowest BCUT2D eigenvalue weighted by Crippen LogP contribution is -2.27. The fourth-order valence-corrected chi connectivity index (χ4v) is 3.64. The molecule has 0 aliphatic carbocycles. The molecule has 0 unspecified atom stereocenters. The second-order valence-electron chi connectivity index (χ2n) is 6.28. The number of halogens is 2. The quantitative estimate of drug-likeness (QED) is 0.522. The molecule has 0 saturated carbocycles. The number of hydrogen-bond acceptors (Lipinski definition) is 6. The molecule has 2 aromatic heterocycles. The molecule has 6 nitrogen and oxygen atoms in total. The highest BCUT2D eigenvalue weighted by Gasteiger charge is 2.14. The molecule has 9 heteroatoms. The van der Waals surface area contributed by atoms with Gasteiger partial charge in [0.25, 0.3) is 0 Å². The highest BCUT2D eigenvalue weighted by molar-refractivity contribution is 7.07. The molecule has 0 radical (unpaired) electrons. The smallest absolute Gasteiger partial charge is 0.387 e. The minimum absolute atomic E-state index is 0.000236. The average molecular weight is 421 g/mol. The third kappa shape index (κ3) is 5.39. The first kappa shape index (κ1) is 20.9. The third-order valence-corrected chi connectivity index (χ3v) is 4.83. The number of rotatable bonds is 9. The van der Waals surface area contributed by atoms with Crippen LogP contribution in [0.3, 0.4) is 0 Å². The zero-order valence-corrected chi connectivity index (χ0v) is 16.9. The predicted octanol–water partition coefficient (Wildman–Crippen LogP) is 4.06. The third-order valence-electron chi connectivity index (χ3n) is 4.07. The van der Waals surface area contributed by atoms with Gasteiger partial charge in [-0.25, -0.2) is 0 Å². The minimum atomic E-state index is -2.92. The molecule has 0 fully saturated rings. The maximum Gasteiger partial charge on any atom is 0.387 e. The van der Waals surface area contributed by atoms with Gasteiger partial charge in [0.05, 0.1) is 24.7 Å². The number of aromatic nitrogens is 2. The van der Waals surface area contributed by atoms with E-state index in [1.807, 2.05) is 30.1 Å². The Morgan fingerprint density at radius 3 is 2.76 bits per heavy atom. The second-order valence-corrected chi connectivity index (χ2v) is 7.10. The Hall–Kier alpha value is -2.78. The van der Waals surface area contributed by atoms with Crippen molar-refractivity contribution in [2.75, 3.05) is 13.7 Å². The Kier molecular flexibility index (Phi) is 6.95. The first-order chi connectivity index (χ1) is 14.0. The first-order valence-electron chi connectivity index (χ1n) is 8.96. The lowest BCUT2D eigenvalue weighted by Gasteiger charge is -2.19. The van der Waals surface area contributed by atoms with E-state index in [0.717, 1.165) is 28.3 Å². The largest absolute Gasteiger partial charge is 0.490 e. The van der Waals surface area contributed by atoms with Gasteiger partial charge in [0, 0.05) is 18.1 Å². The molecule has 1 aromatic carbocycles. The van der Waals surface area contributed by atoms with Crippen LogP contribution in [-0.2, 0) is 13.2 Å². The molecule has 0 saturated heterocycles.